The Kier molecular flexibility index (Phi) is 4.59. The molecule has 2 rings (SSSR count). The molecule has 20 heavy (non-hydrogen) atoms. The van der Waals surface area contributed by atoms with Gasteiger partial charge in [0.05, 0.1) is 18.2 Å². The fourth-order valence-electron chi connectivity index (χ4n) is 2.09. The van der Waals surface area contributed by atoms with Crippen LogP contribution < -0.4 is 4.74 Å². The summed E-state index contributed by atoms with van der Waals surface area (Å²) in [7, 11) is 0. The summed E-state index contributed by atoms with van der Waals surface area (Å²) in [6.45, 7) is 1.99. The molecule has 1 aliphatic carbocycles. The predicted molar refractivity (Wildman–Crippen MR) is 73.1 cm³/mol. The van der Waals surface area contributed by atoms with Crippen LogP contribution in [0.5, 0.6) is 5.75 Å². The van der Waals surface area contributed by atoms with Crippen LogP contribution in [0.1, 0.15) is 25.3 Å². The summed E-state index contributed by atoms with van der Waals surface area (Å²) in [5, 5.41) is 17.9. The number of aliphatic hydroxyl groups is 1. The van der Waals surface area contributed by atoms with E-state index in [1.807, 2.05) is 6.07 Å². The molecule has 0 radical (unpaired) electrons. The number of benzene rings is 1. The Morgan fingerprint density at radius 1 is 1.60 bits per heavy atom. The van der Waals surface area contributed by atoms with E-state index in [1.54, 1.807) is 36.1 Å². The highest BCUT2D eigenvalue weighted by molar-refractivity contribution is 5.81. The van der Waals surface area contributed by atoms with E-state index in [9.17, 15) is 4.79 Å². The van der Waals surface area contributed by atoms with Crippen molar-refractivity contribution in [3.63, 3.8) is 0 Å². The summed E-state index contributed by atoms with van der Waals surface area (Å²) in [6.07, 6.45) is 1.35. The van der Waals surface area contributed by atoms with Crippen LogP contribution in [0, 0.1) is 11.3 Å². The van der Waals surface area contributed by atoms with Crippen LogP contribution in [0.3, 0.4) is 0 Å². The Labute approximate surface area is 118 Å². The number of aliphatic hydroxyl groups excluding tert-OH is 1. The minimum Gasteiger partial charge on any atom is -0.481 e. The quantitative estimate of drug-likeness (QED) is 0.848. The van der Waals surface area contributed by atoms with Crippen molar-refractivity contribution in [1.82, 2.24) is 4.90 Å². The summed E-state index contributed by atoms with van der Waals surface area (Å²) >= 11 is 0. The first-order chi connectivity index (χ1) is 9.65. The number of nitrogens with zero attached hydrogens (tertiary/aromatic N) is 2. The molecule has 106 valence electrons. The fourth-order valence-corrected chi connectivity index (χ4v) is 2.09. The third kappa shape index (κ3) is 3.49. The topological polar surface area (TPSA) is 73.6 Å². The van der Waals surface area contributed by atoms with E-state index in [-0.39, 0.29) is 18.6 Å². The molecule has 5 nitrogen and oxygen atoms in total. The molecule has 1 aromatic rings. The van der Waals surface area contributed by atoms with Gasteiger partial charge in [-0.05, 0) is 38.0 Å². The van der Waals surface area contributed by atoms with Gasteiger partial charge in [0, 0.05) is 12.6 Å². The van der Waals surface area contributed by atoms with Crippen LogP contribution in [0.4, 0.5) is 0 Å². The third-order valence-corrected chi connectivity index (χ3v) is 3.24. The van der Waals surface area contributed by atoms with Crippen molar-refractivity contribution in [2.75, 3.05) is 13.2 Å². The third-order valence-electron chi connectivity index (χ3n) is 3.24. The number of nitriles is 1. The van der Waals surface area contributed by atoms with Gasteiger partial charge in [0.2, 0.25) is 0 Å². The smallest absolute Gasteiger partial charge is 0.263 e. The molecular formula is C15H18N2O3. The monoisotopic (exact) mass is 274 g/mol. The van der Waals surface area contributed by atoms with E-state index in [0.29, 0.717) is 17.9 Å². The molecule has 1 fully saturated rings. The number of hydrogen-bond donors (Lipinski definition) is 1. The maximum absolute atomic E-state index is 12.3. The summed E-state index contributed by atoms with van der Waals surface area (Å²) in [5.74, 6) is 0.383. The van der Waals surface area contributed by atoms with Crippen molar-refractivity contribution in [2.45, 2.75) is 31.9 Å². The van der Waals surface area contributed by atoms with Crippen LogP contribution in [-0.4, -0.2) is 41.2 Å². The van der Waals surface area contributed by atoms with Gasteiger partial charge in [-0.25, -0.2) is 0 Å². The first kappa shape index (κ1) is 14.4. The van der Waals surface area contributed by atoms with Gasteiger partial charge in [0.15, 0.2) is 6.10 Å². The molecule has 0 aliphatic heterocycles. The lowest BCUT2D eigenvalue weighted by Crippen LogP contribution is -2.43. The lowest BCUT2D eigenvalue weighted by Gasteiger charge is -2.25. The van der Waals surface area contributed by atoms with E-state index >= 15 is 0 Å². The van der Waals surface area contributed by atoms with Gasteiger partial charge in [0.25, 0.3) is 5.91 Å². The van der Waals surface area contributed by atoms with Gasteiger partial charge >= 0.3 is 0 Å². The number of ether oxygens (including phenoxy) is 1. The number of carbonyl (C=O) groups excluding carboxylic acids is 1. The normalized spacial score (nSPS) is 15.2. The van der Waals surface area contributed by atoms with Crippen LogP contribution >= 0.6 is 0 Å². The molecule has 1 amide bonds. The van der Waals surface area contributed by atoms with Crippen molar-refractivity contribution >= 4 is 5.91 Å². The maximum atomic E-state index is 12.3. The zero-order chi connectivity index (χ0) is 14.5. The average Bonchev–Trinajstić information content (AvgIpc) is 3.28. The average molecular weight is 274 g/mol. The molecule has 1 unspecified atom stereocenters. The van der Waals surface area contributed by atoms with Gasteiger partial charge in [-0.15, -0.1) is 0 Å². The lowest BCUT2D eigenvalue weighted by molar-refractivity contribution is -0.139. The maximum Gasteiger partial charge on any atom is 0.263 e. The standard InChI is InChI=1S/C15H18N2O3/c1-11(15(19)17(7-8-18)13-5-6-13)20-14-4-2-3-12(9-14)10-16/h2-4,9,11,13,18H,5-8H2,1H3. The number of hydrogen-bond acceptors (Lipinski definition) is 4. The molecule has 0 heterocycles. The second-order valence-electron chi connectivity index (χ2n) is 4.89. The molecule has 0 saturated heterocycles. The molecule has 0 spiro atoms. The van der Waals surface area contributed by atoms with Gasteiger partial charge < -0.3 is 14.7 Å². The molecule has 0 bridgehead atoms. The van der Waals surface area contributed by atoms with E-state index in [4.69, 9.17) is 15.1 Å². The Hall–Kier alpha value is -2.06. The van der Waals surface area contributed by atoms with E-state index in [2.05, 4.69) is 0 Å². The van der Waals surface area contributed by atoms with Gasteiger partial charge in [-0.3, -0.25) is 4.79 Å². The van der Waals surface area contributed by atoms with Crippen molar-refractivity contribution in [3.8, 4) is 11.8 Å². The zero-order valence-electron chi connectivity index (χ0n) is 11.5. The number of rotatable bonds is 6. The molecule has 1 saturated carbocycles. The Morgan fingerprint density at radius 2 is 2.35 bits per heavy atom. The van der Waals surface area contributed by atoms with E-state index in [1.165, 1.54) is 0 Å². The zero-order valence-corrected chi connectivity index (χ0v) is 11.5. The van der Waals surface area contributed by atoms with Gasteiger partial charge in [0.1, 0.15) is 5.75 Å². The Balaban J connectivity index is 2.00. The van der Waals surface area contributed by atoms with Crippen molar-refractivity contribution in [1.29, 1.82) is 5.26 Å². The predicted octanol–water partition coefficient (Wildman–Crippen LogP) is 1.31. The van der Waals surface area contributed by atoms with E-state index in [0.717, 1.165) is 12.8 Å². The number of amides is 1. The summed E-state index contributed by atoms with van der Waals surface area (Å²) < 4.78 is 5.60. The molecule has 1 aromatic carbocycles. The molecule has 0 aromatic heterocycles. The highest BCUT2D eigenvalue weighted by Gasteiger charge is 2.34. The lowest BCUT2D eigenvalue weighted by atomic mass is 10.2. The van der Waals surface area contributed by atoms with Gasteiger partial charge in [-0.2, -0.15) is 5.26 Å². The van der Waals surface area contributed by atoms with Crippen LogP contribution in [0.25, 0.3) is 0 Å². The molecule has 1 aliphatic rings. The highest BCUT2D eigenvalue weighted by Crippen LogP contribution is 2.27. The highest BCUT2D eigenvalue weighted by atomic mass is 16.5. The summed E-state index contributed by atoms with van der Waals surface area (Å²) in [5.41, 5.74) is 0.497. The molecular weight excluding hydrogens is 256 g/mol. The Bertz CT molecular complexity index is 520. The second-order valence-corrected chi connectivity index (χ2v) is 4.89. The Morgan fingerprint density at radius 3 is 2.95 bits per heavy atom. The van der Waals surface area contributed by atoms with Crippen molar-refractivity contribution in [3.05, 3.63) is 29.8 Å². The van der Waals surface area contributed by atoms with Crippen molar-refractivity contribution < 1.29 is 14.6 Å². The molecule has 1 N–H and O–H groups in total. The first-order valence-corrected chi connectivity index (χ1v) is 6.74. The van der Waals surface area contributed by atoms with Crippen LogP contribution in [0.2, 0.25) is 0 Å². The minimum atomic E-state index is -0.629. The SMILES string of the molecule is CC(Oc1cccc(C#N)c1)C(=O)N(CCO)C1CC1. The summed E-state index contributed by atoms with van der Waals surface area (Å²) in [6, 6.07) is 9.01. The minimum absolute atomic E-state index is 0.0428. The second kappa shape index (κ2) is 6.40. The number of carbonyl (C=O) groups is 1. The largest absolute Gasteiger partial charge is 0.481 e. The van der Waals surface area contributed by atoms with E-state index < -0.39 is 6.10 Å². The first-order valence-electron chi connectivity index (χ1n) is 6.74. The van der Waals surface area contributed by atoms with Crippen LogP contribution in [-0.2, 0) is 4.79 Å². The summed E-state index contributed by atoms with van der Waals surface area (Å²) in [4.78, 5) is 14.0. The molecule has 1 atom stereocenters. The van der Waals surface area contributed by atoms with Crippen molar-refractivity contribution in [2.24, 2.45) is 0 Å². The fraction of sp³-hybridized carbons (Fsp3) is 0.467. The molecule has 5 heteroatoms. The van der Waals surface area contributed by atoms with Crippen LogP contribution in [0.15, 0.2) is 24.3 Å². The van der Waals surface area contributed by atoms with Gasteiger partial charge in [-0.1, -0.05) is 6.07 Å².